The minimum absolute atomic E-state index is 0. The molecule has 4 rings (SSSR count). The fraction of sp³-hybridized carbons (Fsp3) is 0.0870. The number of pyridine rings is 1. The highest BCUT2D eigenvalue weighted by molar-refractivity contribution is 6.31. The highest BCUT2D eigenvalue weighted by Crippen LogP contribution is 2.35. The lowest BCUT2D eigenvalue weighted by atomic mass is 9.98. The van der Waals surface area contributed by atoms with Gasteiger partial charge in [-0.2, -0.15) is 0 Å². The Kier molecular flexibility index (Phi) is 6.18. The third-order valence-corrected chi connectivity index (χ3v) is 4.63. The number of hydrogen-bond acceptors (Lipinski definition) is 2. The molecule has 1 aromatic heterocycles. The van der Waals surface area contributed by atoms with Crippen molar-refractivity contribution in [2.45, 2.75) is 6.92 Å². The monoisotopic (exact) mass is 413 g/mol. The molecule has 1 heterocycles. The minimum Gasteiger partial charge on any atom is -0.494 e. The van der Waals surface area contributed by atoms with E-state index < -0.39 is 0 Å². The largest absolute Gasteiger partial charge is 0.494 e. The molecule has 0 radical (unpaired) electrons. The first-order valence-corrected chi connectivity index (χ1v) is 9.12. The van der Waals surface area contributed by atoms with Crippen molar-refractivity contribution in [2.24, 2.45) is 0 Å². The summed E-state index contributed by atoms with van der Waals surface area (Å²) in [6.07, 6.45) is 0. The molecule has 0 unspecified atom stereocenters. The average molecular weight is 414 g/mol. The van der Waals surface area contributed by atoms with Gasteiger partial charge in [0.05, 0.1) is 17.8 Å². The SMILES string of the molecule is CCOc1ccc(-c2cc(-c3ccccc3F)c3cc(Cl)ccc3n2)cc1.Cl. The lowest BCUT2D eigenvalue weighted by molar-refractivity contribution is 0.340. The van der Waals surface area contributed by atoms with E-state index in [1.165, 1.54) is 6.07 Å². The van der Waals surface area contributed by atoms with Crippen molar-refractivity contribution in [3.63, 3.8) is 0 Å². The Hall–Kier alpha value is -2.62. The zero-order chi connectivity index (χ0) is 18.8. The van der Waals surface area contributed by atoms with Gasteiger partial charge in [0.25, 0.3) is 0 Å². The summed E-state index contributed by atoms with van der Waals surface area (Å²) < 4.78 is 20.0. The Morgan fingerprint density at radius 2 is 1.68 bits per heavy atom. The first kappa shape index (κ1) is 20.1. The van der Waals surface area contributed by atoms with E-state index in [0.29, 0.717) is 17.2 Å². The van der Waals surface area contributed by atoms with Crippen LogP contribution in [-0.2, 0) is 0 Å². The Labute approximate surface area is 174 Å². The lowest BCUT2D eigenvalue weighted by Crippen LogP contribution is -1.93. The molecule has 0 atom stereocenters. The molecule has 0 saturated heterocycles. The topological polar surface area (TPSA) is 22.1 Å². The molecule has 2 nitrogen and oxygen atoms in total. The van der Waals surface area contributed by atoms with Gasteiger partial charge in [-0.05, 0) is 67.1 Å². The number of ether oxygens (including phenoxy) is 1. The van der Waals surface area contributed by atoms with Crippen molar-refractivity contribution >= 4 is 34.9 Å². The Bertz CT molecular complexity index is 1110. The van der Waals surface area contributed by atoms with Gasteiger partial charge in [-0.25, -0.2) is 9.37 Å². The van der Waals surface area contributed by atoms with Crippen LogP contribution in [0.5, 0.6) is 5.75 Å². The van der Waals surface area contributed by atoms with E-state index in [1.807, 2.05) is 55.5 Å². The van der Waals surface area contributed by atoms with Crippen LogP contribution in [0, 0.1) is 5.82 Å². The number of hydrogen-bond donors (Lipinski definition) is 0. The van der Waals surface area contributed by atoms with Gasteiger partial charge in [0.15, 0.2) is 0 Å². The van der Waals surface area contributed by atoms with E-state index in [1.54, 1.807) is 18.2 Å². The van der Waals surface area contributed by atoms with Crippen LogP contribution in [-0.4, -0.2) is 11.6 Å². The Balaban J connectivity index is 0.00000225. The summed E-state index contributed by atoms with van der Waals surface area (Å²) in [5, 5.41) is 1.41. The van der Waals surface area contributed by atoms with E-state index in [4.69, 9.17) is 21.3 Å². The first-order valence-electron chi connectivity index (χ1n) is 8.74. The van der Waals surface area contributed by atoms with Crippen molar-refractivity contribution < 1.29 is 9.13 Å². The summed E-state index contributed by atoms with van der Waals surface area (Å²) in [5.74, 6) is 0.533. The standard InChI is InChI=1S/C23H17ClFNO.ClH/c1-2-27-17-10-7-15(8-11-17)23-14-19(18-5-3-4-6-21(18)25)20-13-16(24)9-12-22(20)26-23;/h3-14H,2H2,1H3;1H. The molecule has 0 fully saturated rings. The highest BCUT2D eigenvalue weighted by Gasteiger charge is 2.13. The van der Waals surface area contributed by atoms with Gasteiger partial charge in [0.2, 0.25) is 0 Å². The van der Waals surface area contributed by atoms with Crippen LogP contribution in [0.15, 0.2) is 72.8 Å². The summed E-state index contributed by atoms with van der Waals surface area (Å²) in [6, 6.07) is 21.9. The predicted molar refractivity (Wildman–Crippen MR) is 116 cm³/mol. The molecule has 28 heavy (non-hydrogen) atoms. The van der Waals surface area contributed by atoms with Crippen LogP contribution in [0.2, 0.25) is 5.02 Å². The summed E-state index contributed by atoms with van der Waals surface area (Å²) in [6.45, 7) is 2.57. The molecular formula is C23H18Cl2FNO. The molecule has 0 spiro atoms. The second kappa shape index (κ2) is 8.59. The number of aromatic nitrogens is 1. The molecule has 0 saturated carbocycles. The van der Waals surface area contributed by atoms with Crippen LogP contribution in [0.25, 0.3) is 33.3 Å². The number of rotatable bonds is 4. The maximum Gasteiger partial charge on any atom is 0.131 e. The molecule has 142 valence electrons. The molecule has 0 aliphatic carbocycles. The van der Waals surface area contributed by atoms with Crippen LogP contribution in [0.4, 0.5) is 4.39 Å². The third-order valence-electron chi connectivity index (χ3n) is 4.40. The molecule has 4 aromatic rings. The van der Waals surface area contributed by atoms with Crippen molar-refractivity contribution in [1.29, 1.82) is 0 Å². The number of fused-ring (bicyclic) bond motifs is 1. The summed E-state index contributed by atoms with van der Waals surface area (Å²) in [7, 11) is 0. The molecule has 0 aliphatic rings. The van der Waals surface area contributed by atoms with E-state index in [9.17, 15) is 4.39 Å². The van der Waals surface area contributed by atoms with Crippen LogP contribution >= 0.6 is 24.0 Å². The van der Waals surface area contributed by atoms with Crippen LogP contribution < -0.4 is 4.74 Å². The van der Waals surface area contributed by atoms with E-state index in [-0.39, 0.29) is 18.2 Å². The average Bonchev–Trinajstić information content (AvgIpc) is 2.69. The normalized spacial score (nSPS) is 10.5. The zero-order valence-corrected chi connectivity index (χ0v) is 16.7. The van der Waals surface area contributed by atoms with Gasteiger partial charge in [0, 0.05) is 21.5 Å². The molecular weight excluding hydrogens is 396 g/mol. The van der Waals surface area contributed by atoms with Crippen LogP contribution in [0.3, 0.4) is 0 Å². The molecule has 3 aromatic carbocycles. The van der Waals surface area contributed by atoms with Crippen molar-refractivity contribution in [3.05, 3.63) is 83.6 Å². The van der Waals surface area contributed by atoms with Crippen molar-refractivity contribution in [1.82, 2.24) is 4.98 Å². The van der Waals surface area contributed by atoms with Crippen LogP contribution in [0.1, 0.15) is 6.92 Å². The highest BCUT2D eigenvalue weighted by atomic mass is 35.5. The van der Waals surface area contributed by atoms with Gasteiger partial charge < -0.3 is 4.74 Å². The van der Waals surface area contributed by atoms with E-state index in [2.05, 4.69) is 0 Å². The smallest absolute Gasteiger partial charge is 0.131 e. The maximum absolute atomic E-state index is 14.5. The van der Waals surface area contributed by atoms with Crippen molar-refractivity contribution in [3.8, 4) is 28.1 Å². The molecule has 0 N–H and O–H groups in total. The number of halogens is 3. The molecule has 0 aliphatic heterocycles. The minimum atomic E-state index is -0.275. The molecule has 5 heteroatoms. The third kappa shape index (κ3) is 3.96. The van der Waals surface area contributed by atoms with Gasteiger partial charge >= 0.3 is 0 Å². The molecule has 0 amide bonds. The van der Waals surface area contributed by atoms with E-state index in [0.717, 1.165) is 33.5 Å². The second-order valence-corrected chi connectivity index (χ2v) is 6.59. The maximum atomic E-state index is 14.5. The zero-order valence-electron chi connectivity index (χ0n) is 15.2. The number of nitrogens with zero attached hydrogens (tertiary/aromatic N) is 1. The van der Waals surface area contributed by atoms with Gasteiger partial charge in [-0.3, -0.25) is 0 Å². The summed E-state index contributed by atoms with van der Waals surface area (Å²) in [4.78, 5) is 4.76. The lowest BCUT2D eigenvalue weighted by Gasteiger charge is -2.12. The van der Waals surface area contributed by atoms with Gasteiger partial charge in [-0.15, -0.1) is 12.4 Å². The fourth-order valence-electron chi connectivity index (χ4n) is 3.14. The van der Waals surface area contributed by atoms with Gasteiger partial charge in [-0.1, -0.05) is 29.8 Å². The number of benzene rings is 3. The Morgan fingerprint density at radius 1 is 0.929 bits per heavy atom. The first-order chi connectivity index (χ1) is 13.2. The quantitative estimate of drug-likeness (QED) is 0.353. The second-order valence-electron chi connectivity index (χ2n) is 6.15. The predicted octanol–water partition coefficient (Wildman–Crippen LogP) is 7.18. The molecule has 0 bridgehead atoms. The van der Waals surface area contributed by atoms with Gasteiger partial charge in [0.1, 0.15) is 11.6 Å². The summed E-state index contributed by atoms with van der Waals surface area (Å²) in [5.41, 5.74) is 3.77. The van der Waals surface area contributed by atoms with E-state index >= 15 is 0 Å². The summed E-state index contributed by atoms with van der Waals surface area (Å²) >= 11 is 6.19. The fourth-order valence-corrected chi connectivity index (χ4v) is 3.31. The van der Waals surface area contributed by atoms with Crippen molar-refractivity contribution in [2.75, 3.05) is 6.61 Å². The Morgan fingerprint density at radius 3 is 2.39 bits per heavy atom.